The summed E-state index contributed by atoms with van der Waals surface area (Å²) < 4.78 is 3.82. The van der Waals surface area contributed by atoms with E-state index < -0.39 is 0 Å². The van der Waals surface area contributed by atoms with Crippen LogP contribution < -0.4 is 9.80 Å². The van der Waals surface area contributed by atoms with Crippen molar-refractivity contribution >= 4 is 44.0 Å². The van der Waals surface area contributed by atoms with Gasteiger partial charge in [0.25, 0.3) is 0 Å². The average Bonchev–Trinajstić information content (AvgIpc) is 3.19. The molecule has 5 nitrogen and oxygen atoms in total. The van der Waals surface area contributed by atoms with Gasteiger partial charge in [-0.2, -0.15) is 0 Å². The van der Waals surface area contributed by atoms with Crippen LogP contribution in [0.5, 0.6) is 0 Å². The third-order valence-corrected chi connectivity index (χ3v) is 7.95. The molecule has 0 fully saturated rings. The van der Waals surface area contributed by atoms with Crippen molar-refractivity contribution in [1.29, 1.82) is 0 Å². The van der Waals surface area contributed by atoms with Crippen LogP contribution in [0.4, 0.5) is 9.25 Å². The van der Waals surface area contributed by atoms with Gasteiger partial charge in [-0.1, -0.05) is 0 Å². The average molecular weight is 432 g/mol. The molecule has 2 rings (SSSR count). The Morgan fingerprint density at radius 1 is 0.955 bits per heavy atom. The zero-order valence-corrected chi connectivity index (χ0v) is 16.9. The number of ketones is 1. The summed E-state index contributed by atoms with van der Waals surface area (Å²) in [5, 5.41) is 0. The van der Waals surface area contributed by atoms with Crippen LogP contribution in [0.15, 0.2) is 12.4 Å². The molecule has 0 atom stereocenters. The second kappa shape index (κ2) is 8.11. The van der Waals surface area contributed by atoms with Crippen LogP contribution in [0.3, 0.4) is 0 Å². The van der Waals surface area contributed by atoms with E-state index in [0.717, 1.165) is 39.9 Å². The predicted octanol–water partition coefficient (Wildman–Crippen LogP) is 1.51. The number of carbonyl (C=O) groups excluding carboxylic acids is 1. The summed E-state index contributed by atoms with van der Waals surface area (Å²) in [5.41, 5.74) is 0. The van der Waals surface area contributed by atoms with E-state index in [4.69, 9.17) is 0 Å². The SMILES string of the molecule is CCN(CC)c1cnc(C(=O)c2cnc(N(CC)CC)[se]2)[se]1. The molecule has 0 saturated heterocycles. The van der Waals surface area contributed by atoms with Crippen molar-refractivity contribution in [3.05, 3.63) is 21.4 Å². The van der Waals surface area contributed by atoms with Crippen molar-refractivity contribution in [3.63, 3.8) is 0 Å². The van der Waals surface area contributed by atoms with Gasteiger partial charge in [-0.05, 0) is 0 Å². The van der Waals surface area contributed by atoms with Crippen LogP contribution in [0.25, 0.3) is 0 Å². The molecular weight excluding hydrogens is 410 g/mol. The molecule has 2 aromatic heterocycles. The van der Waals surface area contributed by atoms with Gasteiger partial charge in [-0.3, -0.25) is 0 Å². The van der Waals surface area contributed by atoms with E-state index in [1.54, 1.807) is 6.20 Å². The number of nitrogens with zero attached hydrogens (tertiary/aromatic N) is 4. The molecule has 2 aromatic rings. The van der Waals surface area contributed by atoms with Crippen molar-refractivity contribution in [2.75, 3.05) is 36.0 Å². The number of rotatable bonds is 8. The Labute approximate surface area is 143 Å². The van der Waals surface area contributed by atoms with Gasteiger partial charge in [0, 0.05) is 0 Å². The molecule has 0 amide bonds. The Morgan fingerprint density at radius 3 is 2.18 bits per heavy atom. The molecule has 0 N–H and O–H groups in total. The fraction of sp³-hybridized carbons (Fsp3) is 0.533. The third-order valence-electron chi connectivity index (χ3n) is 3.51. The molecule has 0 unspecified atom stereocenters. The Bertz CT molecular complexity index is 562. The molecule has 0 aliphatic heterocycles. The summed E-state index contributed by atoms with van der Waals surface area (Å²) in [6.07, 6.45) is 3.62. The van der Waals surface area contributed by atoms with E-state index in [-0.39, 0.29) is 34.8 Å². The second-order valence-electron chi connectivity index (χ2n) is 4.68. The van der Waals surface area contributed by atoms with Crippen LogP contribution in [0, 0.1) is 0 Å². The molecular formula is C15H22N4OSe2. The Morgan fingerprint density at radius 2 is 1.59 bits per heavy atom. The second-order valence-corrected chi connectivity index (χ2v) is 8.92. The number of hydrogen-bond acceptors (Lipinski definition) is 5. The Balaban J connectivity index is 2.18. The van der Waals surface area contributed by atoms with Crippen LogP contribution in [0.1, 0.15) is 41.5 Å². The molecule has 7 heteroatoms. The summed E-state index contributed by atoms with van der Waals surface area (Å²) >= 11 is 0.0393. The molecule has 2 heterocycles. The molecule has 0 spiro atoms. The summed E-state index contributed by atoms with van der Waals surface area (Å²) in [4.78, 5) is 26.0. The molecule has 0 saturated carbocycles. The van der Waals surface area contributed by atoms with Gasteiger partial charge in [-0.25, -0.2) is 0 Å². The fourth-order valence-corrected chi connectivity index (χ4v) is 6.66. The minimum atomic E-state index is 0.0135. The Hall–Kier alpha value is -0.871. The van der Waals surface area contributed by atoms with Crippen LogP contribution in [-0.2, 0) is 0 Å². The van der Waals surface area contributed by atoms with Crippen molar-refractivity contribution in [2.45, 2.75) is 27.7 Å². The van der Waals surface area contributed by atoms with Gasteiger partial charge in [0.15, 0.2) is 0 Å². The topological polar surface area (TPSA) is 49.3 Å². The first kappa shape index (κ1) is 17.5. The third kappa shape index (κ3) is 3.72. The van der Waals surface area contributed by atoms with Crippen molar-refractivity contribution in [2.24, 2.45) is 0 Å². The van der Waals surface area contributed by atoms with Gasteiger partial charge in [0.2, 0.25) is 0 Å². The van der Waals surface area contributed by atoms with Crippen molar-refractivity contribution < 1.29 is 4.79 Å². The number of carbonyl (C=O) groups is 1. The van der Waals surface area contributed by atoms with E-state index in [2.05, 4.69) is 47.5 Å². The first-order valence-electron chi connectivity index (χ1n) is 7.60. The first-order chi connectivity index (χ1) is 10.6. The van der Waals surface area contributed by atoms with Crippen molar-refractivity contribution in [1.82, 2.24) is 9.97 Å². The molecule has 120 valence electrons. The number of aromatic nitrogens is 2. The predicted molar refractivity (Wildman–Crippen MR) is 92.9 cm³/mol. The van der Waals surface area contributed by atoms with Crippen LogP contribution >= 0.6 is 0 Å². The van der Waals surface area contributed by atoms with E-state index in [1.165, 1.54) is 4.56 Å². The molecule has 22 heavy (non-hydrogen) atoms. The van der Waals surface area contributed by atoms with Gasteiger partial charge in [0.05, 0.1) is 0 Å². The van der Waals surface area contributed by atoms with Gasteiger partial charge in [-0.15, -0.1) is 0 Å². The van der Waals surface area contributed by atoms with Crippen LogP contribution in [0.2, 0.25) is 0 Å². The molecule has 0 aliphatic rings. The normalized spacial score (nSPS) is 10.7. The summed E-state index contributed by atoms with van der Waals surface area (Å²) in [6.45, 7) is 12.3. The van der Waals surface area contributed by atoms with E-state index in [1.807, 2.05) is 6.20 Å². The van der Waals surface area contributed by atoms with Crippen molar-refractivity contribution in [3.8, 4) is 0 Å². The van der Waals surface area contributed by atoms with Gasteiger partial charge in [0.1, 0.15) is 0 Å². The molecule has 0 bridgehead atoms. The maximum absolute atomic E-state index is 12.6. The zero-order chi connectivity index (χ0) is 16.1. The first-order valence-corrected chi connectivity index (χ1v) is 11.0. The Kier molecular flexibility index (Phi) is 6.45. The number of hydrogen-bond donors (Lipinski definition) is 0. The van der Waals surface area contributed by atoms with Gasteiger partial charge >= 0.3 is 144 Å². The summed E-state index contributed by atoms with van der Waals surface area (Å²) in [6, 6.07) is 0. The number of anilines is 2. The molecule has 0 aromatic carbocycles. The zero-order valence-electron chi connectivity index (χ0n) is 13.5. The van der Waals surface area contributed by atoms with Crippen LogP contribution in [-0.4, -0.2) is 70.9 Å². The minimum absolute atomic E-state index is 0.0135. The molecule has 0 aliphatic carbocycles. The summed E-state index contributed by atoms with van der Waals surface area (Å²) in [7, 11) is 0. The summed E-state index contributed by atoms with van der Waals surface area (Å²) in [5.74, 6) is 0.101. The van der Waals surface area contributed by atoms with E-state index in [0.29, 0.717) is 0 Å². The van der Waals surface area contributed by atoms with E-state index >= 15 is 0 Å². The van der Waals surface area contributed by atoms with Gasteiger partial charge < -0.3 is 0 Å². The standard InChI is InChI=1S/C15H22N4OSe2/c1-5-18(6-2)12-10-16-14(22-12)13(20)11-9-17-15(21-11)19(7-3)8-4/h9-10H,5-8H2,1-4H3. The fourth-order valence-electron chi connectivity index (χ4n) is 2.17. The quantitative estimate of drug-likeness (QED) is 0.468. The maximum atomic E-state index is 12.6. The monoisotopic (exact) mass is 434 g/mol. The molecule has 0 radical (unpaired) electrons. The van der Waals surface area contributed by atoms with E-state index in [9.17, 15) is 4.79 Å².